The molecule has 1 fully saturated rings. The van der Waals surface area contributed by atoms with Crippen LogP contribution < -0.4 is 19.1 Å². The third kappa shape index (κ3) is 4.13. The van der Waals surface area contributed by atoms with Crippen LogP contribution in [0.3, 0.4) is 0 Å². The number of carbonyl (C=O) groups is 2. The van der Waals surface area contributed by atoms with Crippen LogP contribution in [0.25, 0.3) is 16.0 Å². The number of hydrogen-bond acceptors (Lipinski definition) is 8. The number of nitrogens with zero attached hydrogens (tertiary/aromatic N) is 2. The van der Waals surface area contributed by atoms with Gasteiger partial charge in [-0.15, -0.1) is 0 Å². The molecule has 0 saturated carbocycles. The van der Waals surface area contributed by atoms with Crippen LogP contribution in [0.2, 0.25) is 5.02 Å². The van der Waals surface area contributed by atoms with Crippen molar-refractivity contribution in [1.82, 2.24) is 4.98 Å². The van der Waals surface area contributed by atoms with E-state index in [1.54, 1.807) is 42.5 Å². The number of halogens is 1. The number of anilines is 1. The molecule has 1 unspecified atom stereocenters. The van der Waals surface area contributed by atoms with Crippen LogP contribution >= 0.6 is 22.9 Å². The van der Waals surface area contributed by atoms with Crippen LogP contribution in [0.4, 0.5) is 5.13 Å². The van der Waals surface area contributed by atoms with Crippen molar-refractivity contribution < 1.29 is 28.9 Å². The lowest BCUT2D eigenvalue weighted by Gasteiger charge is -2.23. The molecule has 0 radical (unpaired) electrons. The second kappa shape index (κ2) is 9.66. The molecule has 1 aromatic heterocycles. The monoisotopic (exact) mass is 548 g/mol. The summed E-state index contributed by atoms with van der Waals surface area (Å²) >= 11 is 7.39. The zero-order valence-electron chi connectivity index (χ0n) is 20.1. The summed E-state index contributed by atoms with van der Waals surface area (Å²) in [5.41, 5.74) is 1.54. The number of fused-ring (bicyclic) bond motifs is 2. The molecule has 0 spiro atoms. The van der Waals surface area contributed by atoms with Gasteiger partial charge in [-0.05, 0) is 61.0 Å². The van der Waals surface area contributed by atoms with Crippen LogP contribution in [0.15, 0.2) is 66.2 Å². The molecule has 0 aliphatic carbocycles. The molecule has 1 N–H and O–H groups in total. The first-order valence-electron chi connectivity index (χ1n) is 11.9. The Labute approximate surface area is 226 Å². The Bertz CT molecular complexity index is 1610. The van der Waals surface area contributed by atoms with Gasteiger partial charge in [0.25, 0.3) is 5.78 Å². The molecule has 1 amide bonds. The minimum atomic E-state index is -0.924. The summed E-state index contributed by atoms with van der Waals surface area (Å²) in [6.07, 6.45) is 0. The number of amides is 1. The van der Waals surface area contributed by atoms with Gasteiger partial charge in [0.15, 0.2) is 16.6 Å². The largest absolute Gasteiger partial charge is 0.507 e. The van der Waals surface area contributed by atoms with E-state index in [2.05, 4.69) is 4.98 Å². The predicted molar refractivity (Wildman–Crippen MR) is 144 cm³/mol. The molecule has 6 rings (SSSR count). The molecule has 4 aromatic rings. The summed E-state index contributed by atoms with van der Waals surface area (Å²) in [6.45, 7) is 3.21. The number of ether oxygens (including phenoxy) is 3. The van der Waals surface area contributed by atoms with E-state index in [1.165, 1.54) is 16.2 Å². The van der Waals surface area contributed by atoms with Crippen LogP contribution in [0.1, 0.15) is 24.1 Å². The lowest BCUT2D eigenvalue weighted by molar-refractivity contribution is -0.132. The standard InChI is InChI=1S/C28H21ClN2O6S/c1-2-35-18-8-9-19-22(14-18)38-28(30-19)31-24(15-3-6-17(29)7-4-15)23(26(33)27(31)34)25(32)16-5-10-20-21(13-16)37-12-11-36-20/h3-10,13-14,24,32H,2,11-12H2,1H3. The molecule has 192 valence electrons. The minimum absolute atomic E-state index is 0.0525. The molecular formula is C28H21ClN2O6S. The fourth-order valence-electron chi connectivity index (χ4n) is 4.59. The highest BCUT2D eigenvalue weighted by atomic mass is 35.5. The number of Topliss-reactive ketones (excluding diaryl/α,β-unsaturated/α-hetero) is 1. The van der Waals surface area contributed by atoms with Crippen molar-refractivity contribution in [3.05, 3.63) is 82.4 Å². The summed E-state index contributed by atoms with van der Waals surface area (Å²) in [4.78, 5) is 32.9. The third-order valence-electron chi connectivity index (χ3n) is 6.31. The average Bonchev–Trinajstić information content (AvgIpc) is 3.46. The summed E-state index contributed by atoms with van der Waals surface area (Å²) in [7, 11) is 0. The van der Waals surface area contributed by atoms with Gasteiger partial charge in [-0.2, -0.15) is 0 Å². The molecule has 10 heteroatoms. The Morgan fingerprint density at radius 3 is 2.61 bits per heavy atom. The van der Waals surface area contributed by atoms with E-state index < -0.39 is 17.7 Å². The van der Waals surface area contributed by atoms with Crippen molar-refractivity contribution in [2.45, 2.75) is 13.0 Å². The number of aliphatic hydroxyl groups excluding tert-OH is 1. The number of benzene rings is 3. The van der Waals surface area contributed by atoms with Gasteiger partial charge in [-0.1, -0.05) is 35.1 Å². The maximum Gasteiger partial charge on any atom is 0.301 e. The van der Waals surface area contributed by atoms with E-state index in [9.17, 15) is 14.7 Å². The molecular weight excluding hydrogens is 528 g/mol. The lowest BCUT2D eigenvalue weighted by atomic mass is 9.95. The highest BCUT2D eigenvalue weighted by molar-refractivity contribution is 7.22. The van der Waals surface area contributed by atoms with Crippen molar-refractivity contribution >= 4 is 55.7 Å². The Morgan fingerprint density at radius 1 is 1.08 bits per heavy atom. The summed E-state index contributed by atoms with van der Waals surface area (Å²) in [6, 6.07) is 16.2. The van der Waals surface area contributed by atoms with E-state index in [-0.39, 0.29) is 11.3 Å². The quantitative estimate of drug-likeness (QED) is 0.193. The van der Waals surface area contributed by atoms with Gasteiger partial charge < -0.3 is 19.3 Å². The maximum atomic E-state index is 13.5. The van der Waals surface area contributed by atoms with Crippen molar-refractivity contribution in [2.24, 2.45) is 0 Å². The second-order valence-corrected chi connectivity index (χ2v) is 10.1. The van der Waals surface area contributed by atoms with Crippen LogP contribution in [0.5, 0.6) is 17.2 Å². The molecule has 2 aliphatic heterocycles. The minimum Gasteiger partial charge on any atom is -0.507 e. The summed E-state index contributed by atoms with van der Waals surface area (Å²) in [5.74, 6) is -0.232. The highest BCUT2D eigenvalue weighted by Crippen LogP contribution is 2.45. The number of aromatic nitrogens is 1. The van der Waals surface area contributed by atoms with E-state index in [1.807, 2.05) is 25.1 Å². The normalized spacial score (nSPS) is 18.3. The van der Waals surface area contributed by atoms with Gasteiger partial charge in [-0.3, -0.25) is 14.5 Å². The Balaban J connectivity index is 1.51. The van der Waals surface area contributed by atoms with E-state index in [0.717, 1.165) is 4.70 Å². The Morgan fingerprint density at radius 2 is 1.84 bits per heavy atom. The topological polar surface area (TPSA) is 98.2 Å². The van der Waals surface area contributed by atoms with Crippen LogP contribution in [0, 0.1) is 0 Å². The number of carbonyl (C=O) groups excluding carboxylic acids is 2. The lowest BCUT2D eigenvalue weighted by Crippen LogP contribution is -2.29. The zero-order chi connectivity index (χ0) is 26.4. The summed E-state index contributed by atoms with van der Waals surface area (Å²) < 4.78 is 17.6. The van der Waals surface area contributed by atoms with Crippen molar-refractivity contribution in [2.75, 3.05) is 24.7 Å². The first kappa shape index (κ1) is 24.3. The van der Waals surface area contributed by atoms with Crippen molar-refractivity contribution in [1.29, 1.82) is 0 Å². The molecule has 3 aromatic carbocycles. The number of hydrogen-bond donors (Lipinski definition) is 1. The third-order valence-corrected chi connectivity index (χ3v) is 7.58. The van der Waals surface area contributed by atoms with E-state index in [0.29, 0.717) is 63.9 Å². The average molecular weight is 549 g/mol. The number of thiazole rings is 1. The van der Waals surface area contributed by atoms with Crippen LogP contribution in [-0.2, 0) is 9.59 Å². The Kier molecular flexibility index (Phi) is 6.17. The molecule has 3 heterocycles. The van der Waals surface area contributed by atoms with Crippen molar-refractivity contribution in [3.63, 3.8) is 0 Å². The van der Waals surface area contributed by atoms with Crippen LogP contribution in [-0.4, -0.2) is 41.6 Å². The fraction of sp³-hybridized carbons (Fsp3) is 0.179. The number of rotatable bonds is 5. The fourth-order valence-corrected chi connectivity index (χ4v) is 5.74. The number of ketones is 1. The smallest absolute Gasteiger partial charge is 0.301 e. The molecule has 8 nitrogen and oxygen atoms in total. The maximum absolute atomic E-state index is 13.5. The van der Waals surface area contributed by atoms with Gasteiger partial charge in [0.05, 0.1) is 28.4 Å². The molecule has 38 heavy (non-hydrogen) atoms. The molecule has 1 saturated heterocycles. The zero-order valence-corrected chi connectivity index (χ0v) is 21.7. The molecule has 0 bridgehead atoms. The van der Waals surface area contributed by atoms with Gasteiger partial charge in [-0.25, -0.2) is 4.98 Å². The molecule has 1 atom stereocenters. The van der Waals surface area contributed by atoms with Crippen molar-refractivity contribution in [3.8, 4) is 17.2 Å². The summed E-state index contributed by atoms with van der Waals surface area (Å²) in [5, 5.41) is 12.3. The number of aliphatic hydroxyl groups is 1. The predicted octanol–water partition coefficient (Wildman–Crippen LogP) is 5.75. The SMILES string of the molecule is CCOc1ccc2nc(N3C(=O)C(=O)C(=C(O)c4ccc5c(c4)OCCO5)C3c3ccc(Cl)cc3)sc2c1. The van der Waals surface area contributed by atoms with Gasteiger partial charge >= 0.3 is 5.91 Å². The van der Waals surface area contributed by atoms with Gasteiger partial charge in [0.1, 0.15) is 24.7 Å². The molecule has 2 aliphatic rings. The van der Waals surface area contributed by atoms with E-state index in [4.69, 9.17) is 25.8 Å². The first-order valence-corrected chi connectivity index (χ1v) is 13.1. The van der Waals surface area contributed by atoms with Gasteiger partial charge in [0, 0.05) is 10.6 Å². The highest BCUT2D eigenvalue weighted by Gasteiger charge is 2.48. The van der Waals surface area contributed by atoms with Gasteiger partial charge in [0.2, 0.25) is 0 Å². The first-order chi connectivity index (χ1) is 18.4. The Hall–Kier alpha value is -4.08. The second-order valence-electron chi connectivity index (χ2n) is 8.64. The van der Waals surface area contributed by atoms with E-state index >= 15 is 0 Å².